The maximum atomic E-state index is 11.2. The van der Waals surface area contributed by atoms with Crippen molar-refractivity contribution in [2.24, 2.45) is 0 Å². The molecule has 3 heteroatoms. The van der Waals surface area contributed by atoms with Crippen LogP contribution in [0.1, 0.15) is 23.1 Å². The normalized spacial score (nSPS) is 10.6. The Bertz CT molecular complexity index is 471. The van der Waals surface area contributed by atoms with Gasteiger partial charge in [0.25, 0.3) is 0 Å². The lowest BCUT2D eigenvalue weighted by Gasteiger charge is -2.00. The Balaban J connectivity index is 2.84. The molecule has 13 heavy (non-hydrogen) atoms. The zero-order valence-electron chi connectivity index (χ0n) is 7.61. The lowest BCUT2D eigenvalue weighted by atomic mass is 10.3. The molecule has 0 saturated carbocycles. The molecule has 66 valence electrons. The van der Waals surface area contributed by atoms with Gasteiger partial charge in [0.05, 0.1) is 5.52 Å². The van der Waals surface area contributed by atoms with Crippen molar-refractivity contribution in [1.82, 2.24) is 9.38 Å². The monoisotopic (exact) mass is 174 g/mol. The summed E-state index contributed by atoms with van der Waals surface area (Å²) in [4.78, 5) is 15.2. The number of carbonyl (C=O) groups excluding carboxylic acids is 1. The number of rotatable bonds is 1. The number of nitrogens with zero attached hydrogens (tertiary/aromatic N) is 2. The van der Waals surface area contributed by atoms with E-state index >= 15 is 0 Å². The van der Waals surface area contributed by atoms with Crippen LogP contribution >= 0.6 is 0 Å². The number of fused-ring (bicyclic) bond motifs is 1. The summed E-state index contributed by atoms with van der Waals surface area (Å²) in [5, 5.41) is 0. The molecule has 0 unspecified atom stereocenters. The van der Waals surface area contributed by atoms with Crippen LogP contribution in [0.4, 0.5) is 0 Å². The highest BCUT2D eigenvalue weighted by Gasteiger charge is 2.07. The van der Waals surface area contributed by atoms with E-state index < -0.39 is 0 Å². The van der Waals surface area contributed by atoms with Gasteiger partial charge in [-0.2, -0.15) is 0 Å². The Morgan fingerprint density at radius 1 is 1.46 bits per heavy atom. The standard InChI is InChI=1S/C10H10N2O/c1-7-3-4-9-10(8(2)13)11-5-6-12(7)9/h3-6H,1-2H3. The van der Waals surface area contributed by atoms with E-state index in [1.165, 1.54) is 6.92 Å². The average Bonchev–Trinajstić information content (AvgIpc) is 2.48. The summed E-state index contributed by atoms with van der Waals surface area (Å²) < 4.78 is 1.96. The molecule has 0 fully saturated rings. The Morgan fingerprint density at radius 3 is 2.92 bits per heavy atom. The van der Waals surface area contributed by atoms with Gasteiger partial charge in [0.1, 0.15) is 5.69 Å². The van der Waals surface area contributed by atoms with E-state index in [1.807, 2.05) is 29.7 Å². The minimum atomic E-state index is 0.00343. The fraction of sp³-hybridized carbons (Fsp3) is 0.200. The molecule has 0 atom stereocenters. The molecule has 2 heterocycles. The third-order valence-corrected chi connectivity index (χ3v) is 2.12. The molecule has 2 aromatic heterocycles. The predicted molar refractivity (Wildman–Crippen MR) is 49.9 cm³/mol. The molecule has 3 nitrogen and oxygen atoms in total. The van der Waals surface area contributed by atoms with E-state index in [4.69, 9.17) is 0 Å². The third-order valence-electron chi connectivity index (χ3n) is 2.12. The van der Waals surface area contributed by atoms with Crippen molar-refractivity contribution in [1.29, 1.82) is 0 Å². The molecule has 0 radical (unpaired) electrons. The van der Waals surface area contributed by atoms with Gasteiger partial charge in [0.15, 0.2) is 5.78 Å². The van der Waals surface area contributed by atoms with Crippen LogP contribution in [0, 0.1) is 6.92 Å². The van der Waals surface area contributed by atoms with Crippen LogP contribution in [-0.2, 0) is 0 Å². The second kappa shape index (κ2) is 2.69. The molecular formula is C10H10N2O. The second-order valence-corrected chi connectivity index (χ2v) is 3.06. The van der Waals surface area contributed by atoms with Crippen LogP contribution in [0.15, 0.2) is 24.5 Å². The van der Waals surface area contributed by atoms with Crippen LogP contribution < -0.4 is 0 Å². The van der Waals surface area contributed by atoms with Crippen molar-refractivity contribution in [2.45, 2.75) is 13.8 Å². The minimum absolute atomic E-state index is 0.00343. The van der Waals surface area contributed by atoms with Crippen molar-refractivity contribution in [3.05, 3.63) is 35.9 Å². The van der Waals surface area contributed by atoms with Gasteiger partial charge in [-0.25, -0.2) is 4.98 Å². The highest BCUT2D eigenvalue weighted by Crippen LogP contribution is 2.12. The van der Waals surface area contributed by atoms with Crippen molar-refractivity contribution in [3.8, 4) is 0 Å². The second-order valence-electron chi connectivity index (χ2n) is 3.06. The molecule has 0 aromatic carbocycles. The number of hydrogen-bond acceptors (Lipinski definition) is 2. The maximum Gasteiger partial charge on any atom is 0.180 e. The predicted octanol–water partition coefficient (Wildman–Crippen LogP) is 1.85. The molecule has 0 aliphatic rings. The Hall–Kier alpha value is -1.64. The van der Waals surface area contributed by atoms with E-state index in [9.17, 15) is 4.79 Å². The van der Waals surface area contributed by atoms with E-state index in [-0.39, 0.29) is 5.78 Å². The third kappa shape index (κ3) is 1.13. The lowest BCUT2D eigenvalue weighted by molar-refractivity contribution is 0.101. The summed E-state index contributed by atoms with van der Waals surface area (Å²) >= 11 is 0. The van der Waals surface area contributed by atoms with Gasteiger partial charge in [0.2, 0.25) is 0 Å². The Labute approximate surface area is 76.0 Å². The summed E-state index contributed by atoms with van der Waals surface area (Å²) in [5.41, 5.74) is 2.53. The van der Waals surface area contributed by atoms with Crippen LogP contribution in [0.2, 0.25) is 0 Å². The van der Waals surface area contributed by atoms with Gasteiger partial charge in [-0.3, -0.25) is 4.79 Å². The molecule has 0 N–H and O–H groups in total. The van der Waals surface area contributed by atoms with Gasteiger partial charge in [-0.1, -0.05) is 0 Å². The van der Waals surface area contributed by atoms with Crippen LogP contribution in [-0.4, -0.2) is 15.2 Å². The van der Waals surface area contributed by atoms with Crippen molar-refractivity contribution in [3.63, 3.8) is 0 Å². The minimum Gasteiger partial charge on any atom is -0.318 e. The highest BCUT2D eigenvalue weighted by atomic mass is 16.1. The molecule has 2 rings (SSSR count). The van der Waals surface area contributed by atoms with E-state index in [0.29, 0.717) is 5.69 Å². The number of aromatic nitrogens is 2. The first kappa shape index (κ1) is 7.98. The summed E-state index contributed by atoms with van der Waals surface area (Å²) in [5.74, 6) is 0.00343. The molecule has 0 spiro atoms. The van der Waals surface area contributed by atoms with Crippen LogP contribution in [0.3, 0.4) is 0 Å². The highest BCUT2D eigenvalue weighted by molar-refractivity contribution is 5.98. The first-order valence-electron chi connectivity index (χ1n) is 4.14. The van der Waals surface area contributed by atoms with E-state index in [0.717, 1.165) is 11.2 Å². The van der Waals surface area contributed by atoms with Gasteiger partial charge < -0.3 is 4.40 Å². The number of ketones is 1. The Morgan fingerprint density at radius 2 is 2.23 bits per heavy atom. The number of hydrogen-bond donors (Lipinski definition) is 0. The number of carbonyl (C=O) groups is 1. The molecule has 0 aliphatic heterocycles. The lowest BCUT2D eigenvalue weighted by Crippen LogP contribution is -2.00. The zero-order valence-corrected chi connectivity index (χ0v) is 7.61. The summed E-state index contributed by atoms with van der Waals surface area (Å²) in [7, 11) is 0. The van der Waals surface area contributed by atoms with Crippen molar-refractivity contribution < 1.29 is 4.79 Å². The van der Waals surface area contributed by atoms with E-state index in [1.54, 1.807) is 6.20 Å². The van der Waals surface area contributed by atoms with Crippen LogP contribution in [0.5, 0.6) is 0 Å². The van der Waals surface area contributed by atoms with Crippen LogP contribution in [0.25, 0.3) is 5.52 Å². The zero-order chi connectivity index (χ0) is 9.42. The summed E-state index contributed by atoms with van der Waals surface area (Å²) in [6.45, 7) is 3.53. The van der Waals surface area contributed by atoms with Gasteiger partial charge in [-0.05, 0) is 19.1 Å². The maximum absolute atomic E-state index is 11.2. The first-order chi connectivity index (χ1) is 6.20. The molecule has 0 aliphatic carbocycles. The summed E-state index contributed by atoms with van der Waals surface area (Å²) in [6.07, 6.45) is 3.51. The van der Waals surface area contributed by atoms with Gasteiger partial charge in [0, 0.05) is 25.0 Å². The van der Waals surface area contributed by atoms with Gasteiger partial charge in [-0.15, -0.1) is 0 Å². The first-order valence-corrected chi connectivity index (χ1v) is 4.14. The SMILES string of the molecule is CC(=O)c1nccn2c(C)ccc12. The molecule has 0 saturated heterocycles. The van der Waals surface area contributed by atoms with Crippen molar-refractivity contribution in [2.75, 3.05) is 0 Å². The van der Waals surface area contributed by atoms with Gasteiger partial charge >= 0.3 is 0 Å². The topological polar surface area (TPSA) is 34.4 Å². The molecule has 0 amide bonds. The quantitative estimate of drug-likeness (QED) is 0.618. The van der Waals surface area contributed by atoms with E-state index in [2.05, 4.69) is 4.98 Å². The smallest absolute Gasteiger partial charge is 0.180 e. The summed E-state index contributed by atoms with van der Waals surface area (Å²) in [6, 6.07) is 3.89. The fourth-order valence-electron chi connectivity index (χ4n) is 1.45. The molecular weight excluding hydrogens is 164 g/mol. The van der Waals surface area contributed by atoms with Crippen molar-refractivity contribution >= 4 is 11.3 Å². The molecule has 2 aromatic rings. The Kier molecular flexibility index (Phi) is 1.65. The number of Topliss-reactive ketones (excluding diaryl/α,β-unsaturated/α-hetero) is 1. The molecule has 0 bridgehead atoms. The average molecular weight is 174 g/mol. The fourth-order valence-corrected chi connectivity index (χ4v) is 1.45. The largest absolute Gasteiger partial charge is 0.318 e. The number of aryl methyl sites for hydroxylation is 1.